The number of fused-ring (bicyclic) bond motifs is 1. The molecule has 31 heavy (non-hydrogen) atoms. The minimum atomic E-state index is -1.10. The zero-order valence-electron chi connectivity index (χ0n) is 18.8. The molecule has 0 aliphatic rings. The molecule has 0 N–H and O–H groups in total. The molecule has 0 aliphatic carbocycles. The third-order valence-electron chi connectivity index (χ3n) is 4.99. The van der Waals surface area contributed by atoms with Crippen molar-refractivity contribution >= 4 is 16.8 Å². The fraction of sp³-hybridized carbons (Fsp3) is 0.435. The molecule has 2 aromatic heterocycles. The molecule has 0 spiro atoms. The summed E-state index contributed by atoms with van der Waals surface area (Å²) in [4.78, 5) is 18.8. The topological polar surface area (TPSA) is 78.7 Å². The third-order valence-corrected chi connectivity index (χ3v) is 4.99. The standard InChI is InChI=1S/C23H30N4O4/c1-23(2,22(28)26(3)11-12-29-4)31-21-19-13-17(16-30-5)8-9-20(19)27(25-21)15-18-7-6-10-24-14-18/h6-10,13-14H,11-12,15-16H2,1-5H3. The molecule has 0 atom stereocenters. The van der Waals surface area contributed by atoms with Crippen LogP contribution in [-0.4, -0.2) is 65.6 Å². The number of ether oxygens (including phenoxy) is 3. The molecular weight excluding hydrogens is 396 g/mol. The van der Waals surface area contributed by atoms with Gasteiger partial charge in [0.05, 0.1) is 30.7 Å². The van der Waals surface area contributed by atoms with E-state index < -0.39 is 5.60 Å². The molecule has 0 saturated heterocycles. The van der Waals surface area contributed by atoms with Crippen molar-refractivity contribution in [1.29, 1.82) is 0 Å². The maximum absolute atomic E-state index is 13.0. The maximum atomic E-state index is 13.0. The van der Waals surface area contributed by atoms with E-state index in [1.54, 1.807) is 46.2 Å². The van der Waals surface area contributed by atoms with Gasteiger partial charge in [-0.05, 0) is 43.2 Å². The summed E-state index contributed by atoms with van der Waals surface area (Å²) in [5, 5.41) is 5.54. The molecule has 1 amide bonds. The molecule has 166 valence electrons. The first-order chi connectivity index (χ1) is 14.9. The Morgan fingerprint density at radius 1 is 1.16 bits per heavy atom. The van der Waals surface area contributed by atoms with Crippen molar-refractivity contribution in [3.63, 3.8) is 0 Å². The van der Waals surface area contributed by atoms with Crippen molar-refractivity contribution in [3.8, 4) is 5.88 Å². The van der Waals surface area contributed by atoms with Crippen LogP contribution in [0.25, 0.3) is 10.9 Å². The SMILES string of the molecule is COCCN(C)C(=O)C(C)(C)Oc1nn(Cc2cccnc2)c2ccc(COC)cc12. The van der Waals surface area contributed by atoms with Crippen LogP contribution >= 0.6 is 0 Å². The molecule has 8 heteroatoms. The zero-order chi connectivity index (χ0) is 22.4. The van der Waals surface area contributed by atoms with Crippen LogP contribution in [0, 0.1) is 0 Å². The van der Waals surface area contributed by atoms with Crippen LogP contribution in [0.1, 0.15) is 25.0 Å². The fourth-order valence-corrected chi connectivity index (χ4v) is 3.39. The van der Waals surface area contributed by atoms with Crippen molar-refractivity contribution in [2.24, 2.45) is 0 Å². The van der Waals surface area contributed by atoms with E-state index in [1.165, 1.54) is 0 Å². The number of rotatable bonds is 10. The van der Waals surface area contributed by atoms with E-state index in [1.807, 2.05) is 41.2 Å². The van der Waals surface area contributed by atoms with Gasteiger partial charge in [-0.2, -0.15) is 0 Å². The van der Waals surface area contributed by atoms with Crippen LogP contribution in [0.4, 0.5) is 0 Å². The second kappa shape index (κ2) is 9.89. The van der Waals surface area contributed by atoms with Gasteiger partial charge in [-0.1, -0.05) is 12.1 Å². The number of benzene rings is 1. The third kappa shape index (κ3) is 5.39. The van der Waals surface area contributed by atoms with Crippen LogP contribution in [0.5, 0.6) is 5.88 Å². The quantitative estimate of drug-likeness (QED) is 0.496. The molecule has 1 aromatic carbocycles. The molecule has 0 radical (unpaired) electrons. The summed E-state index contributed by atoms with van der Waals surface area (Å²) in [5.41, 5.74) is 1.84. The lowest BCUT2D eigenvalue weighted by Crippen LogP contribution is -2.48. The molecule has 3 rings (SSSR count). The van der Waals surface area contributed by atoms with Gasteiger partial charge in [-0.3, -0.25) is 14.5 Å². The van der Waals surface area contributed by atoms with E-state index in [-0.39, 0.29) is 5.91 Å². The van der Waals surface area contributed by atoms with Crippen LogP contribution < -0.4 is 4.74 Å². The number of carbonyl (C=O) groups is 1. The van der Waals surface area contributed by atoms with Crippen molar-refractivity contribution in [2.45, 2.75) is 32.6 Å². The number of carbonyl (C=O) groups excluding carboxylic acids is 1. The average molecular weight is 427 g/mol. The lowest BCUT2D eigenvalue weighted by molar-refractivity contribution is -0.144. The Kier molecular flexibility index (Phi) is 7.25. The van der Waals surface area contributed by atoms with Gasteiger partial charge < -0.3 is 19.1 Å². The molecule has 0 saturated carbocycles. The summed E-state index contributed by atoms with van der Waals surface area (Å²) in [6.45, 7) is 5.47. The van der Waals surface area contributed by atoms with Gasteiger partial charge in [0, 0.05) is 40.2 Å². The van der Waals surface area contributed by atoms with Crippen molar-refractivity contribution in [3.05, 3.63) is 53.9 Å². The van der Waals surface area contributed by atoms with Crippen LogP contribution in [-0.2, 0) is 27.4 Å². The summed E-state index contributed by atoms with van der Waals surface area (Å²) >= 11 is 0. The molecule has 0 aliphatic heterocycles. The predicted molar refractivity (Wildman–Crippen MR) is 118 cm³/mol. The van der Waals surface area contributed by atoms with Gasteiger partial charge in [0.2, 0.25) is 5.88 Å². The number of nitrogens with zero attached hydrogens (tertiary/aromatic N) is 4. The van der Waals surface area contributed by atoms with Gasteiger partial charge >= 0.3 is 0 Å². The lowest BCUT2D eigenvalue weighted by Gasteiger charge is -2.29. The highest BCUT2D eigenvalue weighted by Gasteiger charge is 2.34. The molecule has 8 nitrogen and oxygen atoms in total. The number of hydrogen-bond donors (Lipinski definition) is 0. The monoisotopic (exact) mass is 426 g/mol. The van der Waals surface area contributed by atoms with E-state index in [2.05, 4.69) is 4.98 Å². The largest absolute Gasteiger partial charge is 0.460 e. The number of methoxy groups -OCH3 is 2. The first-order valence-corrected chi connectivity index (χ1v) is 10.2. The number of hydrogen-bond acceptors (Lipinski definition) is 6. The van der Waals surface area contributed by atoms with Crippen LogP contribution in [0.3, 0.4) is 0 Å². The first-order valence-electron chi connectivity index (χ1n) is 10.2. The van der Waals surface area contributed by atoms with Crippen LogP contribution in [0.2, 0.25) is 0 Å². The molecule has 0 bridgehead atoms. The fourth-order valence-electron chi connectivity index (χ4n) is 3.39. The summed E-state index contributed by atoms with van der Waals surface area (Å²) in [6, 6.07) is 9.90. The second-order valence-electron chi connectivity index (χ2n) is 7.94. The van der Waals surface area contributed by atoms with Gasteiger partial charge in [-0.25, -0.2) is 0 Å². The summed E-state index contributed by atoms with van der Waals surface area (Å²) < 4.78 is 18.4. The maximum Gasteiger partial charge on any atom is 0.266 e. The van der Waals surface area contributed by atoms with E-state index in [9.17, 15) is 4.79 Å². The van der Waals surface area contributed by atoms with Crippen molar-refractivity contribution < 1.29 is 19.0 Å². The Hall–Kier alpha value is -2.97. The van der Waals surface area contributed by atoms with Crippen LogP contribution in [0.15, 0.2) is 42.7 Å². The average Bonchev–Trinajstić information content (AvgIpc) is 3.08. The van der Waals surface area contributed by atoms with Gasteiger partial charge in [0.25, 0.3) is 5.91 Å². The summed E-state index contributed by atoms with van der Waals surface area (Å²) in [5.74, 6) is 0.267. The van der Waals surface area contributed by atoms with Gasteiger partial charge in [0.15, 0.2) is 5.60 Å². The molecular formula is C23H30N4O4. The Balaban J connectivity index is 1.95. The summed E-state index contributed by atoms with van der Waals surface area (Å²) in [6.07, 6.45) is 3.55. The molecule has 0 unspecified atom stereocenters. The van der Waals surface area contributed by atoms with Gasteiger partial charge in [-0.15, -0.1) is 5.10 Å². The zero-order valence-corrected chi connectivity index (χ0v) is 18.8. The Bertz CT molecular complexity index is 1020. The Morgan fingerprint density at radius 3 is 2.65 bits per heavy atom. The highest BCUT2D eigenvalue weighted by Crippen LogP contribution is 2.30. The molecule has 0 fully saturated rings. The number of pyridine rings is 1. The first kappa shape index (κ1) is 22.7. The minimum absolute atomic E-state index is 0.146. The summed E-state index contributed by atoms with van der Waals surface area (Å²) in [7, 11) is 5.01. The molecule has 2 heterocycles. The normalized spacial score (nSPS) is 11.6. The van der Waals surface area contributed by atoms with Gasteiger partial charge in [0.1, 0.15) is 0 Å². The lowest BCUT2D eigenvalue weighted by atomic mass is 10.1. The number of likely N-dealkylation sites (N-methyl/N-ethyl adjacent to an activating group) is 1. The van der Waals surface area contributed by atoms with E-state index in [0.717, 1.165) is 22.0 Å². The molecule has 3 aromatic rings. The van der Waals surface area contributed by atoms with Crippen molar-refractivity contribution in [1.82, 2.24) is 19.7 Å². The minimum Gasteiger partial charge on any atom is -0.460 e. The highest BCUT2D eigenvalue weighted by atomic mass is 16.5. The number of amides is 1. The Labute approximate surface area is 182 Å². The van der Waals surface area contributed by atoms with E-state index >= 15 is 0 Å². The number of aromatic nitrogens is 3. The smallest absolute Gasteiger partial charge is 0.266 e. The highest BCUT2D eigenvalue weighted by molar-refractivity contribution is 5.88. The second-order valence-corrected chi connectivity index (χ2v) is 7.94. The Morgan fingerprint density at radius 2 is 1.97 bits per heavy atom. The predicted octanol–water partition coefficient (Wildman–Crippen LogP) is 2.89. The van der Waals surface area contributed by atoms with E-state index in [4.69, 9.17) is 19.3 Å². The van der Waals surface area contributed by atoms with E-state index in [0.29, 0.717) is 32.2 Å². The van der Waals surface area contributed by atoms with Crippen molar-refractivity contribution in [2.75, 3.05) is 34.4 Å².